The van der Waals surface area contributed by atoms with Crippen molar-refractivity contribution >= 4 is 17.7 Å². The number of benzene rings is 2. The Morgan fingerprint density at radius 1 is 0.829 bits per heavy atom. The Morgan fingerprint density at radius 2 is 1.49 bits per heavy atom. The maximum atomic E-state index is 13.6. The summed E-state index contributed by atoms with van der Waals surface area (Å²) in [5.74, 6) is -0.848. The third-order valence-electron chi connectivity index (χ3n) is 6.07. The largest absolute Gasteiger partial charge is 0.340 e. The lowest BCUT2D eigenvalue weighted by atomic mass is 10.0. The molecule has 2 heterocycles. The number of rotatable bonds is 6. The summed E-state index contributed by atoms with van der Waals surface area (Å²) < 4.78 is 0. The summed E-state index contributed by atoms with van der Waals surface area (Å²) in [5.41, 5.74) is 1.08. The lowest BCUT2D eigenvalue weighted by Gasteiger charge is -2.27. The standard InChI is InChI=1S/C27H28N4O4/c32-24(21-11-5-2-6-12-21)29-23(19-20-9-3-1-4-10-20)27(35)31-16-8-15-30(17-18-31)26(34)22-13-7-14-28-25(22)33/h1-7,9-14,23H,8,15-19H2,(H,28,33)(H,29,32)/t23-/m1/s1. The summed E-state index contributed by atoms with van der Waals surface area (Å²) in [7, 11) is 0. The van der Waals surface area contributed by atoms with Crippen LogP contribution in [0, 0.1) is 0 Å². The zero-order chi connectivity index (χ0) is 24.6. The molecule has 2 N–H and O–H groups in total. The summed E-state index contributed by atoms with van der Waals surface area (Å²) in [4.78, 5) is 57.2. The minimum Gasteiger partial charge on any atom is -0.340 e. The number of aromatic nitrogens is 1. The third-order valence-corrected chi connectivity index (χ3v) is 6.07. The Labute approximate surface area is 203 Å². The molecule has 1 atom stereocenters. The van der Waals surface area contributed by atoms with E-state index >= 15 is 0 Å². The molecule has 0 aliphatic carbocycles. The summed E-state index contributed by atoms with van der Waals surface area (Å²) in [6.45, 7) is 1.53. The van der Waals surface area contributed by atoms with E-state index < -0.39 is 11.6 Å². The second-order valence-electron chi connectivity index (χ2n) is 8.47. The fourth-order valence-corrected chi connectivity index (χ4v) is 4.20. The van der Waals surface area contributed by atoms with Gasteiger partial charge in [0, 0.05) is 44.4 Å². The highest BCUT2D eigenvalue weighted by molar-refractivity contribution is 5.97. The van der Waals surface area contributed by atoms with Gasteiger partial charge >= 0.3 is 0 Å². The first-order valence-electron chi connectivity index (χ1n) is 11.7. The van der Waals surface area contributed by atoms with Gasteiger partial charge in [-0.15, -0.1) is 0 Å². The van der Waals surface area contributed by atoms with Gasteiger partial charge in [0.1, 0.15) is 11.6 Å². The summed E-state index contributed by atoms with van der Waals surface area (Å²) in [6, 6.07) is 20.7. The van der Waals surface area contributed by atoms with Crippen LogP contribution < -0.4 is 10.9 Å². The van der Waals surface area contributed by atoms with Crippen molar-refractivity contribution in [2.75, 3.05) is 26.2 Å². The van der Waals surface area contributed by atoms with Crippen molar-refractivity contribution in [2.45, 2.75) is 18.9 Å². The molecule has 0 unspecified atom stereocenters. The maximum absolute atomic E-state index is 13.6. The molecule has 1 aliphatic heterocycles. The van der Waals surface area contributed by atoms with Crippen LogP contribution in [0.4, 0.5) is 0 Å². The van der Waals surface area contributed by atoms with E-state index in [1.165, 1.54) is 12.3 Å². The Kier molecular flexibility index (Phi) is 7.72. The van der Waals surface area contributed by atoms with Gasteiger partial charge in [0.15, 0.2) is 0 Å². The van der Waals surface area contributed by atoms with Crippen LogP contribution in [0.2, 0.25) is 0 Å². The Bertz CT molecular complexity index is 1230. The van der Waals surface area contributed by atoms with Crippen LogP contribution >= 0.6 is 0 Å². The normalized spacial score (nSPS) is 14.6. The zero-order valence-electron chi connectivity index (χ0n) is 19.4. The minimum absolute atomic E-state index is 0.0874. The molecule has 1 saturated heterocycles. The Balaban J connectivity index is 1.48. The number of nitrogens with one attached hydrogen (secondary N) is 2. The van der Waals surface area contributed by atoms with Crippen LogP contribution in [0.15, 0.2) is 83.8 Å². The Morgan fingerprint density at radius 3 is 2.20 bits per heavy atom. The molecule has 8 heteroatoms. The second-order valence-corrected chi connectivity index (χ2v) is 8.47. The van der Waals surface area contributed by atoms with Crippen LogP contribution in [0.5, 0.6) is 0 Å². The van der Waals surface area contributed by atoms with E-state index in [4.69, 9.17) is 0 Å². The number of amides is 3. The van der Waals surface area contributed by atoms with Gasteiger partial charge in [-0.1, -0.05) is 48.5 Å². The monoisotopic (exact) mass is 472 g/mol. The molecule has 3 aromatic rings. The average Bonchev–Trinajstić information content (AvgIpc) is 3.15. The van der Waals surface area contributed by atoms with Crippen LogP contribution in [-0.4, -0.2) is 64.7 Å². The van der Waals surface area contributed by atoms with Crippen molar-refractivity contribution in [1.29, 1.82) is 0 Å². The molecular weight excluding hydrogens is 444 g/mol. The lowest BCUT2D eigenvalue weighted by molar-refractivity contribution is -0.133. The Hall–Kier alpha value is -4.20. The van der Waals surface area contributed by atoms with Crippen LogP contribution in [-0.2, 0) is 11.2 Å². The number of aromatic amines is 1. The number of nitrogens with zero attached hydrogens (tertiary/aromatic N) is 2. The van der Waals surface area contributed by atoms with Crippen LogP contribution in [0.3, 0.4) is 0 Å². The van der Waals surface area contributed by atoms with Gasteiger partial charge in [0.2, 0.25) is 5.91 Å². The third kappa shape index (κ3) is 6.03. The van der Waals surface area contributed by atoms with E-state index in [2.05, 4.69) is 10.3 Å². The molecule has 35 heavy (non-hydrogen) atoms. The summed E-state index contributed by atoms with van der Waals surface area (Å²) in [6.07, 6.45) is 2.42. The fraction of sp³-hybridized carbons (Fsp3) is 0.259. The molecule has 0 bridgehead atoms. The predicted molar refractivity (Wildman–Crippen MR) is 132 cm³/mol. The van der Waals surface area contributed by atoms with Crippen molar-refractivity contribution in [3.8, 4) is 0 Å². The summed E-state index contributed by atoms with van der Waals surface area (Å²) in [5, 5.41) is 2.91. The molecule has 0 radical (unpaired) electrons. The van der Waals surface area contributed by atoms with Gasteiger partial charge in [-0.05, 0) is 36.2 Å². The second kappa shape index (κ2) is 11.3. The molecule has 3 amide bonds. The number of H-pyrrole nitrogens is 1. The molecule has 4 rings (SSSR count). The van der Waals surface area contributed by atoms with Gasteiger partial charge in [-0.3, -0.25) is 19.2 Å². The van der Waals surface area contributed by atoms with E-state index in [0.717, 1.165) is 5.56 Å². The van der Waals surface area contributed by atoms with Gasteiger partial charge in [-0.2, -0.15) is 0 Å². The zero-order valence-corrected chi connectivity index (χ0v) is 19.4. The molecule has 1 fully saturated rings. The van der Waals surface area contributed by atoms with Gasteiger partial charge < -0.3 is 20.1 Å². The number of pyridine rings is 1. The maximum Gasteiger partial charge on any atom is 0.260 e. The molecule has 180 valence electrons. The van der Waals surface area contributed by atoms with Crippen molar-refractivity contribution in [3.63, 3.8) is 0 Å². The molecule has 2 aromatic carbocycles. The highest BCUT2D eigenvalue weighted by atomic mass is 16.2. The van der Waals surface area contributed by atoms with E-state index in [1.54, 1.807) is 40.1 Å². The molecule has 0 spiro atoms. The molecular formula is C27H28N4O4. The smallest absolute Gasteiger partial charge is 0.260 e. The lowest BCUT2D eigenvalue weighted by Crippen LogP contribution is -2.50. The number of carbonyl (C=O) groups is 3. The van der Waals surface area contributed by atoms with E-state index in [9.17, 15) is 19.2 Å². The molecule has 1 aliphatic rings. The summed E-state index contributed by atoms with van der Waals surface area (Å²) >= 11 is 0. The van der Waals surface area contributed by atoms with E-state index in [0.29, 0.717) is 44.6 Å². The SMILES string of the molecule is O=C(N[C@H](Cc1ccccc1)C(=O)N1CCCN(C(=O)c2ccc[nH]c2=O)CC1)c1ccccc1. The topological polar surface area (TPSA) is 103 Å². The van der Waals surface area contributed by atoms with E-state index in [1.807, 2.05) is 36.4 Å². The van der Waals surface area contributed by atoms with Crippen molar-refractivity contribution < 1.29 is 14.4 Å². The van der Waals surface area contributed by atoms with Gasteiger partial charge in [-0.25, -0.2) is 0 Å². The number of hydrogen-bond acceptors (Lipinski definition) is 4. The van der Waals surface area contributed by atoms with Crippen molar-refractivity contribution in [2.24, 2.45) is 0 Å². The average molecular weight is 473 g/mol. The first-order chi connectivity index (χ1) is 17.0. The molecule has 1 aromatic heterocycles. The minimum atomic E-state index is -0.746. The van der Waals surface area contributed by atoms with Crippen LogP contribution in [0.25, 0.3) is 0 Å². The van der Waals surface area contributed by atoms with Gasteiger partial charge in [0.05, 0.1) is 0 Å². The highest BCUT2D eigenvalue weighted by Crippen LogP contribution is 2.12. The first-order valence-corrected chi connectivity index (χ1v) is 11.7. The predicted octanol–water partition coefficient (Wildman–Crippen LogP) is 2.09. The fourth-order valence-electron chi connectivity index (χ4n) is 4.20. The van der Waals surface area contributed by atoms with Crippen molar-refractivity contribution in [1.82, 2.24) is 20.1 Å². The first kappa shape index (κ1) is 23.9. The number of hydrogen-bond donors (Lipinski definition) is 2. The van der Waals surface area contributed by atoms with Gasteiger partial charge in [0.25, 0.3) is 17.4 Å². The molecule has 0 saturated carbocycles. The van der Waals surface area contributed by atoms with Crippen molar-refractivity contribution in [3.05, 3.63) is 106 Å². The van der Waals surface area contributed by atoms with E-state index in [-0.39, 0.29) is 23.3 Å². The van der Waals surface area contributed by atoms with Crippen LogP contribution in [0.1, 0.15) is 32.7 Å². The molecule has 8 nitrogen and oxygen atoms in total. The quantitative estimate of drug-likeness (QED) is 0.574. The number of carbonyl (C=O) groups excluding carboxylic acids is 3. The highest BCUT2D eigenvalue weighted by Gasteiger charge is 2.29.